The molecule has 1 amide bonds. The maximum Gasteiger partial charge on any atom is 0.234 e. The van der Waals surface area contributed by atoms with Gasteiger partial charge in [-0.2, -0.15) is 0 Å². The molecule has 0 radical (unpaired) electrons. The lowest BCUT2D eigenvalue weighted by Gasteiger charge is -2.35. The van der Waals surface area contributed by atoms with Gasteiger partial charge in [-0.15, -0.1) is 12.4 Å². The van der Waals surface area contributed by atoms with Crippen LogP contribution in [-0.4, -0.2) is 62.8 Å². The Kier molecular flexibility index (Phi) is 8.51. The molecule has 0 aromatic rings. The van der Waals surface area contributed by atoms with E-state index >= 15 is 0 Å². The third kappa shape index (κ3) is 5.68. The molecule has 0 spiro atoms. The Morgan fingerprint density at radius 1 is 1.35 bits per heavy atom. The number of likely N-dealkylation sites (N-methyl/N-ethyl adjacent to an activating group) is 1. The molecule has 2 unspecified atom stereocenters. The summed E-state index contributed by atoms with van der Waals surface area (Å²) >= 11 is 0. The summed E-state index contributed by atoms with van der Waals surface area (Å²) in [5, 5.41) is 5.84. The molecule has 1 heterocycles. The summed E-state index contributed by atoms with van der Waals surface area (Å²) in [7, 11) is 1.77. The smallest absolute Gasteiger partial charge is 0.234 e. The zero-order valence-electron chi connectivity index (χ0n) is 10.9. The van der Waals surface area contributed by atoms with Gasteiger partial charge < -0.3 is 15.4 Å². The molecular weight excluding hydrogens is 242 g/mol. The molecule has 1 saturated heterocycles. The van der Waals surface area contributed by atoms with Crippen molar-refractivity contribution < 1.29 is 9.53 Å². The van der Waals surface area contributed by atoms with E-state index in [1.807, 2.05) is 6.92 Å². The van der Waals surface area contributed by atoms with E-state index < -0.39 is 0 Å². The lowest BCUT2D eigenvalue weighted by atomic mass is 10.1. The zero-order valence-corrected chi connectivity index (χ0v) is 11.7. The van der Waals surface area contributed by atoms with Crippen LogP contribution in [0.2, 0.25) is 0 Å². The molecule has 1 aliphatic rings. The molecule has 1 rings (SSSR count). The standard InChI is InChI=1S/C11H23N3O2.ClH/c1-9(13-11(15)8-12-3)10(2)14-4-6-16-7-5-14;/h9-10,12H,4-8H2,1-3H3,(H,13,15);1H. The number of nitrogens with one attached hydrogen (secondary N) is 2. The SMILES string of the molecule is CNCC(=O)NC(C)C(C)N1CCOCC1.Cl. The van der Waals surface area contributed by atoms with Crippen molar-refractivity contribution in [1.82, 2.24) is 15.5 Å². The molecule has 2 N–H and O–H groups in total. The van der Waals surface area contributed by atoms with Crippen LogP contribution in [0, 0.1) is 0 Å². The average molecular weight is 266 g/mol. The molecule has 1 aliphatic heterocycles. The maximum absolute atomic E-state index is 11.4. The number of nitrogens with zero attached hydrogens (tertiary/aromatic N) is 1. The third-order valence-electron chi connectivity index (χ3n) is 3.07. The van der Waals surface area contributed by atoms with Crippen molar-refractivity contribution in [3.63, 3.8) is 0 Å². The monoisotopic (exact) mass is 265 g/mol. The second-order valence-corrected chi connectivity index (χ2v) is 4.28. The molecule has 0 bridgehead atoms. The zero-order chi connectivity index (χ0) is 12.0. The van der Waals surface area contributed by atoms with Crippen LogP contribution < -0.4 is 10.6 Å². The Labute approximate surface area is 110 Å². The molecule has 5 nitrogen and oxygen atoms in total. The number of ether oxygens (including phenoxy) is 1. The normalized spacial score (nSPS) is 20.2. The maximum atomic E-state index is 11.4. The molecule has 102 valence electrons. The van der Waals surface area contributed by atoms with Gasteiger partial charge in [0, 0.05) is 25.2 Å². The highest BCUT2D eigenvalue weighted by Gasteiger charge is 2.22. The van der Waals surface area contributed by atoms with Crippen LogP contribution >= 0.6 is 12.4 Å². The molecule has 6 heteroatoms. The fourth-order valence-corrected chi connectivity index (χ4v) is 1.89. The van der Waals surface area contributed by atoms with Crippen LogP contribution in [0.3, 0.4) is 0 Å². The Morgan fingerprint density at radius 3 is 2.47 bits per heavy atom. The molecule has 0 aliphatic carbocycles. The summed E-state index contributed by atoms with van der Waals surface area (Å²) in [5.74, 6) is 0.0510. The van der Waals surface area contributed by atoms with Crippen molar-refractivity contribution in [2.24, 2.45) is 0 Å². The first-order valence-corrected chi connectivity index (χ1v) is 5.91. The van der Waals surface area contributed by atoms with Crippen molar-refractivity contribution >= 4 is 18.3 Å². The first-order valence-electron chi connectivity index (χ1n) is 5.91. The largest absolute Gasteiger partial charge is 0.379 e. The fourth-order valence-electron chi connectivity index (χ4n) is 1.89. The summed E-state index contributed by atoms with van der Waals surface area (Å²) in [4.78, 5) is 13.8. The van der Waals surface area contributed by atoms with Crippen LogP contribution in [0.5, 0.6) is 0 Å². The fraction of sp³-hybridized carbons (Fsp3) is 0.909. The number of hydrogen-bond donors (Lipinski definition) is 2. The molecular formula is C11H24ClN3O2. The van der Waals surface area contributed by atoms with E-state index in [4.69, 9.17) is 4.74 Å². The van der Waals surface area contributed by atoms with Crippen molar-refractivity contribution in [2.45, 2.75) is 25.9 Å². The molecule has 2 atom stereocenters. The van der Waals surface area contributed by atoms with Gasteiger partial charge in [-0.25, -0.2) is 0 Å². The summed E-state index contributed by atoms with van der Waals surface area (Å²) in [6, 6.07) is 0.517. The minimum absolute atomic E-state index is 0. The molecule has 0 aromatic heterocycles. The van der Waals surface area contributed by atoms with Crippen LogP contribution in [0.15, 0.2) is 0 Å². The molecule has 17 heavy (non-hydrogen) atoms. The van der Waals surface area contributed by atoms with E-state index in [0.717, 1.165) is 26.3 Å². The molecule has 1 fully saturated rings. The van der Waals surface area contributed by atoms with Crippen LogP contribution in [0.4, 0.5) is 0 Å². The van der Waals surface area contributed by atoms with Gasteiger partial charge in [-0.1, -0.05) is 0 Å². The number of carbonyl (C=O) groups is 1. The second-order valence-electron chi connectivity index (χ2n) is 4.28. The highest BCUT2D eigenvalue weighted by atomic mass is 35.5. The van der Waals surface area contributed by atoms with Gasteiger partial charge in [0.05, 0.1) is 19.8 Å². The number of amides is 1. The second kappa shape index (κ2) is 8.69. The Morgan fingerprint density at radius 2 is 1.94 bits per heavy atom. The van der Waals surface area contributed by atoms with E-state index in [0.29, 0.717) is 12.6 Å². The number of hydrogen-bond acceptors (Lipinski definition) is 4. The van der Waals surface area contributed by atoms with Crippen LogP contribution in [-0.2, 0) is 9.53 Å². The predicted molar refractivity (Wildman–Crippen MR) is 70.6 cm³/mol. The van der Waals surface area contributed by atoms with Gasteiger partial charge in [0.25, 0.3) is 0 Å². The van der Waals surface area contributed by atoms with E-state index in [2.05, 4.69) is 22.5 Å². The highest BCUT2D eigenvalue weighted by Crippen LogP contribution is 2.07. The van der Waals surface area contributed by atoms with Crippen molar-refractivity contribution in [3.8, 4) is 0 Å². The number of rotatable bonds is 5. The van der Waals surface area contributed by atoms with Gasteiger partial charge in [-0.05, 0) is 20.9 Å². The first-order chi connectivity index (χ1) is 7.65. The van der Waals surface area contributed by atoms with E-state index in [1.165, 1.54) is 0 Å². The number of carbonyl (C=O) groups excluding carboxylic acids is 1. The summed E-state index contributed by atoms with van der Waals surface area (Å²) in [5.41, 5.74) is 0. The lowest BCUT2D eigenvalue weighted by molar-refractivity contribution is -0.121. The molecule has 0 aromatic carbocycles. The molecule has 0 saturated carbocycles. The third-order valence-corrected chi connectivity index (χ3v) is 3.07. The summed E-state index contributed by atoms with van der Waals surface area (Å²) in [6.45, 7) is 8.06. The lowest BCUT2D eigenvalue weighted by Crippen LogP contribution is -2.53. The quantitative estimate of drug-likeness (QED) is 0.726. The first kappa shape index (κ1) is 16.6. The van der Waals surface area contributed by atoms with Crippen LogP contribution in [0.25, 0.3) is 0 Å². The van der Waals surface area contributed by atoms with Gasteiger partial charge in [-0.3, -0.25) is 9.69 Å². The van der Waals surface area contributed by atoms with E-state index in [-0.39, 0.29) is 24.4 Å². The van der Waals surface area contributed by atoms with Crippen molar-refractivity contribution in [1.29, 1.82) is 0 Å². The number of morpholine rings is 1. The minimum atomic E-state index is 0. The van der Waals surface area contributed by atoms with Crippen LogP contribution in [0.1, 0.15) is 13.8 Å². The minimum Gasteiger partial charge on any atom is -0.379 e. The van der Waals surface area contributed by atoms with Gasteiger partial charge >= 0.3 is 0 Å². The van der Waals surface area contributed by atoms with Gasteiger partial charge in [0.1, 0.15) is 0 Å². The average Bonchev–Trinajstić information content (AvgIpc) is 2.29. The van der Waals surface area contributed by atoms with Gasteiger partial charge in [0.2, 0.25) is 5.91 Å². The Balaban J connectivity index is 0.00000256. The van der Waals surface area contributed by atoms with E-state index in [9.17, 15) is 4.79 Å². The Bertz CT molecular complexity index is 223. The number of halogens is 1. The van der Waals surface area contributed by atoms with Crippen molar-refractivity contribution in [3.05, 3.63) is 0 Å². The van der Waals surface area contributed by atoms with E-state index in [1.54, 1.807) is 7.05 Å². The topological polar surface area (TPSA) is 53.6 Å². The Hall–Kier alpha value is -0.360. The van der Waals surface area contributed by atoms with Gasteiger partial charge in [0.15, 0.2) is 0 Å². The van der Waals surface area contributed by atoms with Crippen molar-refractivity contribution in [2.75, 3.05) is 39.9 Å². The summed E-state index contributed by atoms with van der Waals surface area (Å²) in [6.07, 6.45) is 0. The summed E-state index contributed by atoms with van der Waals surface area (Å²) < 4.78 is 5.31. The predicted octanol–water partition coefficient (Wildman–Crippen LogP) is -0.147. The highest BCUT2D eigenvalue weighted by molar-refractivity contribution is 5.85.